The maximum atomic E-state index is 12.6. The number of rotatable bonds is 3. The minimum Gasteiger partial charge on any atom is -0.397 e. The van der Waals surface area contributed by atoms with Crippen LogP contribution >= 0.6 is 27.5 Å². The maximum Gasteiger partial charge on any atom is 0.264 e. The lowest BCUT2D eigenvalue weighted by Crippen LogP contribution is -2.27. The fourth-order valence-electron chi connectivity index (χ4n) is 1.70. The minimum atomic E-state index is -3.69. The largest absolute Gasteiger partial charge is 0.397 e. The van der Waals surface area contributed by atoms with E-state index in [4.69, 9.17) is 17.3 Å². The van der Waals surface area contributed by atoms with Crippen LogP contribution in [0.2, 0.25) is 5.02 Å². The van der Waals surface area contributed by atoms with Gasteiger partial charge < -0.3 is 5.73 Å². The predicted molar refractivity (Wildman–Crippen MR) is 85.6 cm³/mol. The second-order valence-electron chi connectivity index (χ2n) is 4.11. The van der Waals surface area contributed by atoms with Crippen molar-refractivity contribution in [2.24, 2.45) is 0 Å². The summed E-state index contributed by atoms with van der Waals surface area (Å²) < 4.78 is 26.8. The Kier molecular flexibility index (Phi) is 4.27. The number of nitrogen functional groups attached to an aromatic ring is 1. The lowest BCUT2D eigenvalue weighted by atomic mass is 10.3. The number of sulfonamides is 1. The summed E-state index contributed by atoms with van der Waals surface area (Å²) in [5.41, 5.74) is 6.64. The molecule has 0 unspecified atom stereocenters. The van der Waals surface area contributed by atoms with E-state index < -0.39 is 10.0 Å². The second kappa shape index (κ2) is 5.63. The van der Waals surface area contributed by atoms with Crippen LogP contribution in [-0.4, -0.2) is 15.5 Å². The summed E-state index contributed by atoms with van der Waals surface area (Å²) in [5.74, 6) is 0. The molecule has 0 saturated carbocycles. The van der Waals surface area contributed by atoms with Crippen molar-refractivity contribution in [2.45, 2.75) is 4.90 Å². The molecule has 0 amide bonds. The quantitative estimate of drug-likeness (QED) is 0.835. The molecule has 2 aromatic carbocycles. The van der Waals surface area contributed by atoms with E-state index in [1.807, 2.05) is 0 Å². The summed E-state index contributed by atoms with van der Waals surface area (Å²) in [6, 6.07) is 11.2. The first-order chi connectivity index (χ1) is 9.34. The number of hydrogen-bond donors (Lipinski definition) is 1. The molecule has 0 fully saturated rings. The molecule has 2 aromatic rings. The molecule has 0 spiro atoms. The molecule has 20 heavy (non-hydrogen) atoms. The van der Waals surface area contributed by atoms with Crippen LogP contribution in [0, 0.1) is 0 Å². The van der Waals surface area contributed by atoms with Crippen molar-refractivity contribution < 1.29 is 8.42 Å². The van der Waals surface area contributed by atoms with Crippen LogP contribution in [0.1, 0.15) is 0 Å². The van der Waals surface area contributed by atoms with E-state index in [2.05, 4.69) is 15.9 Å². The van der Waals surface area contributed by atoms with Gasteiger partial charge in [-0.05, 0) is 46.3 Å². The molecule has 0 radical (unpaired) electrons. The Labute approximate surface area is 131 Å². The summed E-state index contributed by atoms with van der Waals surface area (Å²) in [6.07, 6.45) is 0. The summed E-state index contributed by atoms with van der Waals surface area (Å²) in [4.78, 5) is 0.138. The Balaban J connectivity index is 2.50. The molecule has 7 heteroatoms. The topological polar surface area (TPSA) is 63.4 Å². The highest BCUT2D eigenvalue weighted by atomic mass is 79.9. The molecule has 0 aromatic heterocycles. The second-order valence-corrected chi connectivity index (χ2v) is 7.34. The van der Waals surface area contributed by atoms with E-state index in [1.165, 1.54) is 25.2 Å². The molecule has 0 heterocycles. The lowest BCUT2D eigenvalue weighted by Gasteiger charge is -2.21. The molecule has 2 rings (SSSR count). The van der Waals surface area contributed by atoms with Crippen molar-refractivity contribution in [1.29, 1.82) is 0 Å². The van der Waals surface area contributed by atoms with Gasteiger partial charge in [-0.25, -0.2) is 8.42 Å². The van der Waals surface area contributed by atoms with Crippen LogP contribution in [0.5, 0.6) is 0 Å². The standard InChI is InChI=1S/C13H12BrClN2O2S/c1-17(13-5-3-2-4-12(13)16)20(18,19)9-6-7-11(15)10(14)8-9/h2-8H,16H2,1H3. The van der Waals surface area contributed by atoms with Gasteiger partial charge in [0, 0.05) is 11.5 Å². The molecular weight excluding hydrogens is 364 g/mol. The maximum absolute atomic E-state index is 12.6. The molecule has 106 valence electrons. The SMILES string of the molecule is CN(c1ccccc1N)S(=O)(=O)c1ccc(Cl)c(Br)c1. The van der Waals surface area contributed by atoms with E-state index in [9.17, 15) is 8.42 Å². The van der Waals surface area contributed by atoms with E-state index >= 15 is 0 Å². The average Bonchev–Trinajstić information content (AvgIpc) is 2.41. The van der Waals surface area contributed by atoms with Gasteiger partial charge in [-0.15, -0.1) is 0 Å². The third kappa shape index (κ3) is 2.77. The molecule has 0 aliphatic rings. The Morgan fingerprint density at radius 3 is 2.45 bits per heavy atom. The Bertz CT molecular complexity index is 750. The zero-order chi connectivity index (χ0) is 14.9. The molecule has 0 aliphatic carbocycles. The lowest BCUT2D eigenvalue weighted by molar-refractivity contribution is 0.594. The van der Waals surface area contributed by atoms with Gasteiger partial charge in [-0.3, -0.25) is 4.31 Å². The van der Waals surface area contributed by atoms with E-state index in [0.717, 1.165) is 4.31 Å². The molecular formula is C13H12BrClN2O2S. The van der Waals surface area contributed by atoms with Gasteiger partial charge in [0.05, 0.1) is 21.3 Å². The van der Waals surface area contributed by atoms with Gasteiger partial charge in [0.25, 0.3) is 10.0 Å². The molecule has 0 bridgehead atoms. The zero-order valence-corrected chi connectivity index (χ0v) is 13.7. The van der Waals surface area contributed by atoms with Gasteiger partial charge in [0.15, 0.2) is 0 Å². The molecule has 0 atom stereocenters. The van der Waals surface area contributed by atoms with E-state index in [1.54, 1.807) is 24.3 Å². The van der Waals surface area contributed by atoms with E-state index in [0.29, 0.717) is 20.9 Å². The molecule has 2 N–H and O–H groups in total. The minimum absolute atomic E-state index is 0.138. The van der Waals surface area contributed by atoms with Crippen LogP contribution in [0.25, 0.3) is 0 Å². The Morgan fingerprint density at radius 2 is 1.85 bits per heavy atom. The van der Waals surface area contributed by atoms with Gasteiger partial charge in [0.2, 0.25) is 0 Å². The van der Waals surface area contributed by atoms with Crippen molar-refractivity contribution >= 4 is 48.9 Å². The van der Waals surface area contributed by atoms with Crippen molar-refractivity contribution in [3.05, 3.63) is 52.0 Å². The monoisotopic (exact) mass is 374 g/mol. The van der Waals surface area contributed by atoms with Crippen molar-refractivity contribution in [3.63, 3.8) is 0 Å². The fourth-order valence-corrected chi connectivity index (χ4v) is 3.60. The number of nitrogens with zero attached hydrogens (tertiary/aromatic N) is 1. The summed E-state index contributed by atoms with van der Waals surface area (Å²) in [5, 5.41) is 0.450. The van der Waals surface area contributed by atoms with Crippen LogP contribution in [-0.2, 0) is 10.0 Å². The average molecular weight is 376 g/mol. The number of anilines is 2. The number of benzene rings is 2. The van der Waals surface area contributed by atoms with Crippen molar-refractivity contribution in [2.75, 3.05) is 17.1 Å². The molecule has 0 aliphatic heterocycles. The Morgan fingerprint density at radius 1 is 1.20 bits per heavy atom. The summed E-state index contributed by atoms with van der Waals surface area (Å²) >= 11 is 9.10. The normalized spacial score (nSPS) is 11.3. The smallest absolute Gasteiger partial charge is 0.264 e. The zero-order valence-electron chi connectivity index (χ0n) is 10.5. The highest BCUT2D eigenvalue weighted by molar-refractivity contribution is 9.10. The van der Waals surface area contributed by atoms with Gasteiger partial charge >= 0.3 is 0 Å². The first-order valence-corrected chi connectivity index (χ1v) is 8.23. The number of halogens is 2. The van der Waals surface area contributed by atoms with Crippen LogP contribution in [0.15, 0.2) is 51.8 Å². The van der Waals surface area contributed by atoms with Crippen LogP contribution in [0.3, 0.4) is 0 Å². The van der Waals surface area contributed by atoms with Crippen molar-refractivity contribution in [1.82, 2.24) is 0 Å². The molecule has 4 nitrogen and oxygen atoms in total. The first kappa shape index (κ1) is 15.2. The van der Waals surface area contributed by atoms with Crippen LogP contribution < -0.4 is 10.0 Å². The van der Waals surface area contributed by atoms with Gasteiger partial charge in [-0.1, -0.05) is 23.7 Å². The fraction of sp³-hybridized carbons (Fsp3) is 0.0769. The highest BCUT2D eigenvalue weighted by Crippen LogP contribution is 2.30. The highest BCUT2D eigenvalue weighted by Gasteiger charge is 2.23. The van der Waals surface area contributed by atoms with Gasteiger partial charge in [-0.2, -0.15) is 0 Å². The third-order valence-electron chi connectivity index (χ3n) is 2.83. The number of nitrogens with two attached hydrogens (primary N) is 1. The molecule has 0 saturated heterocycles. The first-order valence-electron chi connectivity index (χ1n) is 5.62. The third-order valence-corrected chi connectivity index (χ3v) is 5.81. The predicted octanol–water partition coefficient (Wildman–Crippen LogP) is 3.51. The van der Waals surface area contributed by atoms with Crippen LogP contribution in [0.4, 0.5) is 11.4 Å². The van der Waals surface area contributed by atoms with Crippen molar-refractivity contribution in [3.8, 4) is 0 Å². The number of para-hydroxylation sites is 2. The summed E-state index contributed by atoms with van der Waals surface area (Å²) in [7, 11) is -2.23. The van der Waals surface area contributed by atoms with E-state index in [-0.39, 0.29) is 4.90 Å². The Hall–Kier alpha value is -1.24. The number of hydrogen-bond acceptors (Lipinski definition) is 3. The summed E-state index contributed by atoms with van der Waals surface area (Å²) in [6.45, 7) is 0. The van der Waals surface area contributed by atoms with Gasteiger partial charge in [0.1, 0.15) is 0 Å².